The SMILES string of the molecule is Cc1c(Br)ccc2[nH]c([C@@H](C)N)nc12. The van der Waals surface area contributed by atoms with Gasteiger partial charge in [0.05, 0.1) is 17.1 Å². The number of H-pyrrole nitrogens is 1. The number of nitrogens with one attached hydrogen (secondary N) is 1. The molecule has 3 N–H and O–H groups in total. The highest BCUT2D eigenvalue weighted by atomic mass is 79.9. The number of rotatable bonds is 1. The molecule has 74 valence electrons. The van der Waals surface area contributed by atoms with Gasteiger partial charge in [0.25, 0.3) is 0 Å². The van der Waals surface area contributed by atoms with Crippen molar-refractivity contribution >= 4 is 27.0 Å². The van der Waals surface area contributed by atoms with Crippen LogP contribution in [0.1, 0.15) is 24.4 Å². The van der Waals surface area contributed by atoms with E-state index < -0.39 is 0 Å². The number of aromatic nitrogens is 2. The zero-order valence-corrected chi connectivity index (χ0v) is 9.72. The summed E-state index contributed by atoms with van der Waals surface area (Å²) >= 11 is 3.48. The van der Waals surface area contributed by atoms with Crippen LogP contribution in [0.25, 0.3) is 11.0 Å². The molecule has 0 aliphatic rings. The Kier molecular flexibility index (Phi) is 2.33. The van der Waals surface area contributed by atoms with Gasteiger partial charge in [-0.25, -0.2) is 4.98 Å². The van der Waals surface area contributed by atoms with Crippen molar-refractivity contribution in [3.63, 3.8) is 0 Å². The summed E-state index contributed by atoms with van der Waals surface area (Å²) in [7, 11) is 0. The second kappa shape index (κ2) is 3.37. The van der Waals surface area contributed by atoms with Crippen LogP contribution in [0.5, 0.6) is 0 Å². The monoisotopic (exact) mass is 253 g/mol. The molecule has 0 bridgehead atoms. The van der Waals surface area contributed by atoms with E-state index in [-0.39, 0.29) is 6.04 Å². The van der Waals surface area contributed by atoms with Crippen molar-refractivity contribution in [3.8, 4) is 0 Å². The number of hydrogen-bond donors (Lipinski definition) is 2. The standard InChI is InChI=1S/C10H12BrN3/c1-5-7(11)3-4-8-9(5)14-10(13-8)6(2)12/h3-4,6H,12H2,1-2H3,(H,13,14)/t6-/m1/s1. The van der Waals surface area contributed by atoms with Gasteiger partial charge in [0, 0.05) is 4.47 Å². The highest BCUT2D eigenvalue weighted by Gasteiger charge is 2.09. The van der Waals surface area contributed by atoms with Crippen molar-refractivity contribution in [2.75, 3.05) is 0 Å². The minimum absolute atomic E-state index is 0.0550. The molecule has 2 aromatic rings. The van der Waals surface area contributed by atoms with E-state index in [0.29, 0.717) is 0 Å². The summed E-state index contributed by atoms with van der Waals surface area (Å²) in [5.41, 5.74) is 8.94. The minimum Gasteiger partial charge on any atom is -0.341 e. The van der Waals surface area contributed by atoms with E-state index in [9.17, 15) is 0 Å². The molecule has 1 aromatic carbocycles. The quantitative estimate of drug-likeness (QED) is 0.821. The van der Waals surface area contributed by atoms with Crippen molar-refractivity contribution in [3.05, 3.63) is 28.0 Å². The average Bonchev–Trinajstić information content (AvgIpc) is 2.56. The Morgan fingerprint density at radius 2 is 2.21 bits per heavy atom. The predicted molar refractivity (Wildman–Crippen MR) is 61.1 cm³/mol. The van der Waals surface area contributed by atoms with Gasteiger partial charge in [-0.05, 0) is 31.5 Å². The summed E-state index contributed by atoms with van der Waals surface area (Å²) in [5, 5.41) is 0. The first-order chi connectivity index (χ1) is 6.59. The van der Waals surface area contributed by atoms with Gasteiger partial charge in [-0.1, -0.05) is 15.9 Å². The third-order valence-corrected chi connectivity index (χ3v) is 3.15. The second-order valence-corrected chi connectivity index (χ2v) is 4.33. The van der Waals surface area contributed by atoms with E-state index in [4.69, 9.17) is 5.73 Å². The molecule has 0 radical (unpaired) electrons. The fraction of sp³-hybridized carbons (Fsp3) is 0.300. The van der Waals surface area contributed by atoms with Crippen molar-refractivity contribution < 1.29 is 0 Å². The molecule has 0 fully saturated rings. The molecule has 0 saturated carbocycles. The third kappa shape index (κ3) is 1.44. The van der Waals surface area contributed by atoms with Crippen molar-refractivity contribution in [1.82, 2.24) is 9.97 Å². The molecule has 4 heteroatoms. The number of nitrogens with zero attached hydrogens (tertiary/aromatic N) is 1. The van der Waals surface area contributed by atoms with Gasteiger partial charge >= 0.3 is 0 Å². The van der Waals surface area contributed by atoms with Crippen LogP contribution in [0.2, 0.25) is 0 Å². The Bertz CT molecular complexity index is 473. The Balaban J connectivity index is 2.71. The molecule has 0 amide bonds. The molecule has 1 atom stereocenters. The smallest absolute Gasteiger partial charge is 0.123 e. The fourth-order valence-corrected chi connectivity index (χ4v) is 1.74. The molecule has 3 nitrogen and oxygen atoms in total. The van der Waals surface area contributed by atoms with Crippen LogP contribution in [-0.2, 0) is 0 Å². The van der Waals surface area contributed by atoms with Gasteiger partial charge in [0.1, 0.15) is 5.82 Å². The topological polar surface area (TPSA) is 54.7 Å². The van der Waals surface area contributed by atoms with E-state index in [1.807, 2.05) is 26.0 Å². The summed E-state index contributed by atoms with van der Waals surface area (Å²) in [6.07, 6.45) is 0. The average molecular weight is 254 g/mol. The number of benzene rings is 1. The molecule has 1 aromatic heterocycles. The molecule has 0 aliphatic carbocycles. The normalized spacial score (nSPS) is 13.4. The van der Waals surface area contributed by atoms with Crippen molar-refractivity contribution in [2.24, 2.45) is 5.73 Å². The molecule has 1 heterocycles. The van der Waals surface area contributed by atoms with Crippen LogP contribution < -0.4 is 5.73 Å². The largest absolute Gasteiger partial charge is 0.341 e. The van der Waals surface area contributed by atoms with E-state index in [2.05, 4.69) is 25.9 Å². The molecular formula is C10H12BrN3. The first-order valence-corrected chi connectivity index (χ1v) is 5.29. The highest BCUT2D eigenvalue weighted by Crippen LogP contribution is 2.24. The summed E-state index contributed by atoms with van der Waals surface area (Å²) in [4.78, 5) is 7.67. The van der Waals surface area contributed by atoms with Crippen LogP contribution in [0.3, 0.4) is 0 Å². The van der Waals surface area contributed by atoms with Crippen LogP contribution in [0.4, 0.5) is 0 Å². The van der Waals surface area contributed by atoms with Crippen LogP contribution in [0, 0.1) is 6.92 Å². The molecular weight excluding hydrogens is 242 g/mol. The summed E-state index contributed by atoms with van der Waals surface area (Å²) in [5.74, 6) is 0.834. The number of fused-ring (bicyclic) bond motifs is 1. The number of hydrogen-bond acceptors (Lipinski definition) is 2. The van der Waals surface area contributed by atoms with E-state index >= 15 is 0 Å². The van der Waals surface area contributed by atoms with Gasteiger partial charge < -0.3 is 10.7 Å². The van der Waals surface area contributed by atoms with Crippen LogP contribution in [-0.4, -0.2) is 9.97 Å². The Hall–Kier alpha value is -0.870. The van der Waals surface area contributed by atoms with Gasteiger partial charge in [-0.2, -0.15) is 0 Å². The van der Waals surface area contributed by atoms with Gasteiger partial charge in [0.15, 0.2) is 0 Å². The van der Waals surface area contributed by atoms with E-state index in [1.54, 1.807) is 0 Å². The van der Waals surface area contributed by atoms with Crippen LogP contribution >= 0.6 is 15.9 Å². The molecule has 14 heavy (non-hydrogen) atoms. The third-order valence-electron chi connectivity index (χ3n) is 2.29. The summed E-state index contributed by atoms with van der Waals surface area (Å²) < 4.78 is 1.08. The zero-order valence-electron chi connectivity index (χ0n) is 8.13. The highest BCUT2D eigenvalue weighted by molar-refractivity contribution is 9.10. The molecule has 0 spiro atoms. The number of aryl methyl sites for hydroxylation is 1. The van der Waals surface area contributed by atoms with Crippen molar-refractivity contribution in [2.45, 2.75) is 19.9 Å². The number of nitrogens with two attached hydrogens (primary N) is 1. The van der Waals surface area contributed by atoms with Crippen molar-refractivity contribution in [1.29, 1.82) is 0 Å². The Labute approximate surface area is 90.8 Å². The summed E-state index contributed by atoms with van der Waals surface area (Å²) in [6.45, 7) is 3.96. The molecule has 2 rings (SSSR count). The number of imidazole rings is 1. The maximum atomic E-state index is 5.76. The maximum Gasteiger partial charge on any atom is 0.123 e. The Morgan fingerprint density at radius 1 is 1.50 bits per heavy atom. The van der Waals surface area contributed by atoms with E-state index in [0.717, 1.165) is 26.9 Å². The lowest BCUT2D eigenvalue weighted by Gasteiger charge is -1.97. The molecule has 0 aliphatic heterocycles. The lowest BCUT2D eigenvalue weighted by Crippen LogP contribution is -2.06. The second-order valence-electron chi connectivity index (χ2n) is 3.48. The Morgan fingerprint density at radius 3 is 2.86 bits per heavy atom. The predicted octanol–water partition coefficient (Wildman–Crippen LogP) is 2.65. The lowest BCUT2D eigenvalue weighted by atomic mass is 10.2. The molecule has 0 unspecified atom stereocenters. The fourth-order valence-electron chi connectivity index (χ4n) is 1.42. The maximum absolute atomic E-state index is 5.76. The van der Waals surface area contributed by atoms with Gasteiger partial charge in [-0.3, -0.25) is 0 Å². The van der Waals surface area contributed by atoms with E-state index in [1.165, 1.54) is 0 Å². The first-order valence-electron chi connectivity index (χ1n) is 4.50. The minimum atomic E-state index is -0.0550. The summed E-state index contributed by atoms with van der Waals surface area (Å²) in [6, 6.07) is 3.96. The molecule has 0 saturated heterocycles. The lowest BCUT2D eigenvalue weighted by molar-refractivity contribution is 0.759. The zero-order chi connectivity index (χ0) is 10.3. The first kappa shape index (κ1) is 9.68. The van der Waals surface area contributed by atoms with Crippen LogP contribution in [0.15, 0.2) is 16.6 Å². The van der Waals surface area contributed by atoms with Gasteiger partial charge in [-0.15, -0.1) is 0 Å². The number of halogens is 1. The van der Waals surface area contributed by atoms with Gasteiger partial charge in [0.2, 0.25) is 0 Å². The number of aromatic amines is 1.